The first-order valence-corrected chi connectivity index (χ1v) is 11.8. The minimum Gasteiger partial charge on any atom is -0.352 e. The van der Waals surface area contributed by atoms with E-state index >= 15 is 0 Å². The Hall–Kier alpha value is -2.04. The van der Waals surface area contributed by atoms with Crippen LogP contribution < -0.4 is 5.32 Å². The number of hydrogen-bond acceptors (Lipinski definition) is 2. The number of aryl methyl sites for hydroxylation is 1. The fourth-order valence-electron chi connectivity index (χ4n) is 3.39. The van der Waals surface area contributed by atoms with Crippen molar-refractivity contribution in [2.24, 2.45) is 0 Å². The number of benzene rings is 2. The molecule has 0 unspecified atom stereocenters. The molecule has 32 heavy (non-hydrogen) atoms. The van der Waals surface area contributed by atoms with Gasteiger partial charge in [-0.1, -0.05) is 74.3 Å². The molecule has 0 aliphatic heterocycles. The summed E-state index contributed by atoms with van der Waals surface area (Å²) in [5, 5.41) is 3.78. The van der Waals surface area contributed by atoms with Gasteiger partial charge in [-0.15, -0.1) is 0 Å². The minimum absolute atomic E-state index is 0.00629. The Labute approximate surface area is 202 Å². The molecule has 2 aromatic rings. The maximum absolute atomic E-state index is 13.2. The number of rotatable bonds is 8. The second kappa shape index (κ2) is 11.2. The summed E-state index contributed by atoms with van der Waals surface area (Å²) in [5.74, 6) is -0.259. The van der Waals surface area contributed by atoms with Crippen LogP contribution in [0.15, 0.2) is 42.5 Å². The highest BCUT2D eigenvalue weighted by molar-refractivity contribution is 6.42. The van der Waals surface area contributed by atoms with Gasteiger partial charge in [-0.25, -0.2) is 0 Å². The van der Waals surface area contributed by atoms with Crippen molar-refractivity contribution >= 4 is 35.0 Å². The van der Waals surface area contributed by atoms with Gasteiger partial charge < -0.3 is 10.2 Å². The Bertz CT molecular complexity index is 934. The number of carbonyl (C=O) groups is 2. The molecule has 6 heteroatoms. The lowest BCUT2D eigenvalue weighted by atomic mass is 9.86. The summed E-state index contributed by atoms with van der Waals surface area (Å²) < 4.78 is 0. The van der Waals surface area contributed by atoms with E-state index < -0.39 is 6.04 Å². The zero-order valence-corrected chi connectivity index (χ0v) is 21.3. The van der Waals surface area contributed by atoms with Crippen LogP contribution in [0.3, 0.4) is 0 Å². The van der Waals surface area contributed by atoms with E-state index in [9.17, 15) is 9.59 Å². The predicted molar refractivity (Wildman–Crippen MR) is 133 cm³/mol. The average molecular weight is 477 g/mol. The van der Waals surface area contributed by atoms with Crippen LogP contribution in [0.25, 0.3) is 0 Å². The average Bonchev–Trinajstić information content (AvgIpc) is 2.71. The number of hydrogen-bond donors (Lipinski definition) is 1. The molecule has 2 amide bonds. The molecular formula is C26H34Cl2N2O2. The minimum atomic E-state index is -0.609. The third kappa shape index (κ3) is 7.53. The molecule has 0 fully saturated rings. The van der Waals surface area contributed by atoms with Crippen LogP contribution in [-0.2, 0) is 28.0 Å². The summed E-state index contributed by atoms with van der Waals surface area (Å²) in [6.07, 6.45) is 0.926. The molecule has 2 aromatic carbocycles. The van der Waals surface area contributed by atoms with Crippen LogP contribution in [0.2, 0.25) is 10.0 Å². The van der Waals surface area contributed by atoms with Gasteiger partial charge in [-0.05, 0) is 61.4 Å². The Morgan fingerprint density at radius 1 is 0.938 bits per heavy atom. The maximum atomic E-state index is 13.2. The third-order valence-corrected chi connectivity index (χ3v) is 6.12. The molecular weight excluding hydrogens is 443 g/mol. The Morgan fingerprint density at radius 2 is 1.53 bits per heavy atom. The van der Waals surface area contributed by atoms with E-state index in [0.717, 1.165) is 11.1 Å². The molecule has 1 N–H and O–H groups in total. The van der Waals surface area contributed by atoms with Crippen LogP contribution >= 0.6 is 23.2 Å². The molecule has 0 spiro atoms. The highest BCUT2D eigenvalue weighted by Gasteiger charge is 2.26. The Balaban J connectivity index is 2.16. The summed E-state index contributed by atoms with van der Waals surface area (Å²) in [5.41, 5.74) is 3.27. The summed E-state index contributed by atoms with van der Waals surface area (Å²) in [6.45, 7) is 12.4. The molecule has 0 radical (unpaired) electrons. The lowest BCUT2D eigenvalue weighted by Crippen LogP contribution is -2.49. The van der Waals surface area contributed by atoms with E-state index in [1.54, 1.807) is 24.0 Å². The number of nitrogens with zero attached hydrogens (tertiary/aromatic N) is 1. The van der Waals surface area contributed by atoms with Gasteiger partial charge in [0.1, 0.15) is 6.04 Å². The summed E-state index contributed by atoms with van der Waals surface area (Å²) in [7, 11) is 0. The van der Waals surface area contributed by atoms with Crippen molar-refractivity contribution in [2.45, 2.75) is 78.4 Å². The van der Waals surface area contributed by atoms with E-state index in [1.807, 2.05) is 19.9 Å². The maximum Gasteiger partial charge on any atom is 0.242 e. The lowest BCUT2D eigenvalue weighted by Gasteiger charge is -2.29. The van der Waals surface area contributed by atoms with E-state index in [0.29, 0.717) is 22.9 Å². The fourth-order valence-corrected chi connectivity index (χ4v) is 3.71. The summed E-state index contributed by atoms with van der Waals surface area (Å²) in [4.78, 5) is 27.5. The summed E-state index contributed by atoms with van der Waals surface area (Å²) >= 11 is 12.2. The van der Waals surface area contributed by atoms with Gasteiger partial charge in [0.15, 0.2) is 0 Å². The molecule has 0 bridgehead atoms. The fraction of sp³-hybridized carbons (Fsp3) is 0.462. The molecule has 0 aliphatic rings. The van der Waals surface area contributed by atoms with Gasteiger partial charge in [-0.3, -0.25) is 9.59 Å². The van der Waals surface area contributed by atoms with Crippen molar-refractivity contribution < 1.29 is 9.59 Å². The highest BCUT2D eigenvalue weighted by Crippen LogP contribution is 2.25. The smallest absolute Gasteiger partial charge is 0.242 e. The van der Waals surface area contributed by atoms with Crippen LogP contribution in [0.5, 0.6) is 0 Å². The largest absolute Gasteiger partial charge is 0.352 e. The van der Waals surface area contributed by atoms with Gasteiger partial charge in [0.25, 0.3) is 0 Å². The number of halogens is 2. The van der Waals surface area contributed by atoms with Crippen LogP contribution in [-0.4, -0.2) is 28.8 Å². The van der Waals surface area contributed by atoms with Crippen LogP contribution in [0.1, 0.15) is 64.7 Å². The van der Waals surface area contributed by atoms with Crippen LogP contribution in [0, 0.1) is 0 Å². The molecule has 0 aromatic heterocycles. The Morgan fingerprint density at radius 3 is 2.06 bits per heavy atom. The number of amides is 2. The van der Waals surface area contributed by atoms with E-state index in [1.165, 1.54) is 5.56 Å². The third-order valence-electron chi connectivity index (χ3n) is 5.38. The molecule has 1 atom stereocenters. The SMILES string of the molecule is CC(C)NC(=O)[C@H](C)N(Cc1ccc(Cl)c(Cl)c1)C(=O)CCc1ccc(C(C)(C)C)cc1. The topological polar surface area (TPSA) is 49.4 Å². The van der Waals surface area contributed by atoms with Gasteiger partial charge in [0.05, 0.1) is 10.0 Å². The first-order chi connectivity index (χ1) is 14.9. The quantitative estimate of drug-likeness (QED) is 0.495. The van der Waals surface area contributed by atoms with Crippen molar-refractivity contribution in [2.75, 3.05) is 0 Å². The lowest BCUT2D eigenvalue weighted by molar-refractivity contribution is -0.140. The van der Waals surface area contributed by atoms with Crippen molar-refractivity contribution in [3.63, 3.8) is 0 Å². The summed E-state index contributed by atoms with van der Waals surface area (Å²) in [6, 6.07) is 13.0. The van der Waals surface area contributed by atoms with Gasteiger partial charge in [-0.2, -0.15) is 0 Å². The standard InChI is InChI=1S/C26H34Cl2N2O2/c1-17(2)29-25(32)18(3)30(16-20-9-13-22(27)23(28)15-20)24(31)14-10-19-7-11-21(12-8-19)26(4,5)6/h7-9,11-13,15,17-18H,10,14,16H2,1-6H3,(H,29,32)/t18-/m0/s1. The van der Waals surface area contributed by atoms with Crippen molar-refractivity contribution in [1.29, 1.82) is 0 Å². The van der Waals surface area contributed by atoms with Crippen molar-refractivity contribution in [3.8, 4) is 0 Å². The zero-order valence-electron chi connectivity index (χ0n) is 19.8. The van der Waals surface area contributed by atoms with E-state index in [4.69, 9.17) is 23.2 Å². The second-order valence-corrected chi connectivity index (χ2v) is 10.4. The molecule has 0 saturated heterocycles. The van der Waals surface area contributed by atoms with E-state index in [-0.39, 0.29) is 29.8 Å². The number of carbonyl (C=O) groups excluding carboxylic acids is 2. The first kappa shape index (κ1) is 26.2. The molecule has 0 saturated carbocycles. The van der Waals surface area contributed by atoms with Gasteiger partial charge >= 0.3 is 0 Å². The van der Waals surface area contributed by atoms with Gasteiger partial charge in [0.2, 0.25) is 11.8 Å². The normalized spacial score (nSPS) is 12.5. The zero-order chi connectivity index (χ0) is 24.1. The van der Waals surface area contributed by atoms with Gasteiger partial charge in [0, 0.05) is 19.0 Å². The molecule has 0 heterocycles. The van der Waals surface area contributed by atoms with Crippen LogP contribution in [0.4, 0.5) is 0 Å². The van der Waals surface area contributed by atoms with E-state index in [2.05, 4.69) is 50.4 Å². The van der Waals surface area contributed by atoms with Crippen molar-refractivity contribution in [1.82, 2.24) is 10.2 Å². The second-order valence-electron chi connectivity index (χ2n) is 9.56. The Kier molecular flexibility index (Phi) is 9.18. The highest BCUT2D eigenvalue weighted by atomic mass is 35.5. The van der Waals surface area contributed by atoms with Crippen molar-refractivity contribution in [3.05, 3.63) is 69.2 Å². The predicted octanol–water partition coefficient (Wildman–Crippen LogP) is 6.17. The molecule has 4 nitrogen and oxygen atoms in total. The molecule has 174 valence electrons. The molecule has 0 aliphatic carbocycles. The first-order valence-electron chi connectivity index (χ1n) is 11.0. The molecule has 2 rings (SSSR count). The monoisotopic (exact) mass is 476 g/mol. The number of nitrogens with one attached hydrogen (secondary N) is 1.